The molecule has 110 valence electrons. The predicted octanol–water partition coefficient (Wildman–Crippen LogP) is 3.25. The Kier molecular flexibility index (Phi) is 4.86. The third kappa shape index (κ3) is 3.42. The second-order valence-corrected chi connectivity index (χ2v) is 5.69. The van der Waals surface area contributed by atoms with Crippen molar-refractivity contribution in [3.63, 3.8) is 0 Å². The van der Waals surface area contributed by atoms with Crippen LogP contribution >= 0.6 is 0 Å². The molecule has 4 heteroatoms. The number of hydrogen-bond acceptors (Lipinski definition) is 2. The number of nitrogens with one attached hydrogen (secondary N) is 1. The summed E-state index contributed by atoms with van der Waals surface area (Å²) in [5.74, 6) is -1.16. The molecule has 20 heavy (non-hydrogen) atoms. The van der Waals surface area contributed by atoms with E-state index in [4.69, 9.17) is 0 Å². The van der Waals surface area contributed by atoms with Gasteiger partial charge in [-0.25, -0.2) is 8.78 Å². The molecular formula is C16H21F2NO. The van der Waals surface area contributed by atoms with E-state index in [1.807, 2.05) is 0 Å². The van der Waals surface area contributed by atoms with E-state index in [0.717, 1.165) is 38.3 Å². The van der Waals surface area contributed by atoms with Gasteiger partial charge in [-0.1, -0.05) is 13.3 Å². The lowest BCUT2D eigenvalue weighted by Gasteiger charge is -2.36. The molecule has 2 nitrogen and oxygen atoms in total. The summed E-state index contributed by atoms with van der Waals surface area (Å²) in [6.45, 7) is 3.68. The van der Waals surface area contributed by atoms with Crippen LogP contribution in [0, 0.1) is 17.0 Å². The first-order valence-corrected chi connectivity index (χ1v) is 7.25. The van der Waals surface area contributed by atoms with E-state index in [1.54, 1.807) is 0 Å². The molecule has 1 aliphatic heterocycles. The van der Waals surface area contributed by atoms with Crippen LogP contribution in [0.2, 0.25) is 0 Å². The number of hydrogen-bond donors (Lipinski definition) is 1. The van der Waals surface area contributed by atoms with Crippen LogP contribution in [0.4, 0.5) is 8.78 Å². The third-order valence-electron chi connectivity index (χ3n) is 4.08. The van der Waals surface area contributed by atoms with E-state index in [1.165, 1.54) is 12.1 Å². The van der Waals surface area contributed by atoms with Gasteiger partial charge >= 0.3 is 0 Å². The highest BCUT2D eigenvalue weighted by Gasteiger charge is 2.37. The van der Waals surface area contributed by atoms with Crippen molar-refractivity contribution in [2.24, 2.45) is 5.41 Å². The first-order chi connectivity index (χ1) is 9.55. The maximum Gasteiger partial charge on any atom is 0.144 e. The molecule has 0 spiro atoms. The second-order valence-electron chi connectivity index (χ2n) is 5.69. The number of Topliss-reactive ketones (excluding diaryl/α,β-unsaturated/α-hetero) is 1. The van der Waals surface area contributed by atoms with E-state index in [-0.39, 0.29) is 17.6 Å². The normalized spacial score (nSPS) is 22.8. The van der Waals surface area contributed by atoms with Gasteiger partial charge in [0.2, 0.25) is 0 Å². The summed E-state index contributed by atoms with van der Waals surface area (Å²) in [4.78, 5) is 12.6. The summed E-state index contributed by atoms with van der Waals surface area (Å²) in [5, 5.41) is 3.28. The molecule has 1 aromatic rings. The Labute approximate surface area is 118 Å². The monoisotopic (exact) mass is 281 g/mol. The number of piperidine rings is 1. The number of ketones is 1. The lowest BCUT2D eigenvalue weighted by Crippen LogP contribution is -2.46. The Morgan fingerprint density at radius 1 is 1.30 bits per heavy atom. The molecule has 1 saturated heterocycles. The van der Waals surface area contributed by atoms with Crippen molar-refractivity contribution in [1.29, 1.82) is 0 Å². The highest BCUT2D eigenvalue weighted by molar-refractivity contribution is 5.87. The van der Waals surface area contributed by atoms with Gasteiger partial charge in [0.25, 0.3) is 0 Å². The molecule has 0 radical (unpaired) electrons. The molecule has 1 unspecified atom stereocenters. The Balaban J connectivity index is 2.15. The number of rotatable bonds is 5. The molecule has 2 rings (SSSR count). The van der Waals surface area contributed by atoms with Crippen LogP contribution in [0.3, 0.4) is 0 Å². The van der Waals surface area contributed by atoms with E-state index in [0.29, 0.717) is 12.1 Å². The van der Waals surface area contributed by atoms with Gasteiger partial charge in [0.1, 0.15) is 17.4 Å². The summed E-state index contributed by atoms with van der Waals surface area (Å²) >= 11 is 0. The average molecular weight is 281 g/mol. The number of halogens is 2. The molecule has 1 aromatic carbocycles. The highest BCUT2D eigenvalue weighted by Crippen LogP contribution is 2.34. The quantitative estimate of drug-likeness (QED) is 0.897. The zero-order valence-corrected chi connectivity index (χ0v) is 11.8. The summed E-state index contributed by atoms with van der Waals surface area (Å²) in [6, 6.07) is 3.33. The highest BCUT2D eigenvalue weighted by atomic mass is 19.1. The van der Waals surface area contributed by atoms with Gasteiger partial charge in [-0.05, 0) is 43.5 Å². The molecule has 0 aliphatic carbocycles. The van der Waals surface area contributed by atoms with Crippen LogP contribution in [0.25, 0.3) is 0 Å². The van der Waals surface area contributed by atoms with Crippen molar-refractivity contribution in [1.82, 2.24) is 5.32 Å². The molecular weight excluding hydrogens is 260 g/mol. The first-order valence-electron chi connectivity index (χ1n) is 7.25. The number of benzene rings is 1. The fraction of sp³-hybridized carbons (Fsp3) is 0.562. The fourth-order valence-electron chi connectivity index (χ4n) is 3.12. The van der Waals surface area contributed by atoms with Crippen molar-refractivity contribution in [3.8, 4) is 0 Å². The molecule has 1 N–H and O–H groups in total. The van der Waals surface area contributed by atoms with Crippen molar-refractivity contribution in [3.05, 3.63) is 35.4 Å². The SMILES string of the molecule is CCCC1(C(=O)Cc2cc(F)cc(F)c2)CCCNC1. The fourth-order valence-corrected chi connectivity index (χ4v) is 3.12. The van der Waals surface area contributed by atoms with E-state index >= 15 is 0 Å². The number of carbonyl (C=O) groups excluding carboxylic acids is 1. The van der Waals surface area contributed by atoms with Crippen LogP contribution in [0.5, 0.6) is 0 Å². The molecule has 0 saturated carbocycles. The summed E-state index contributed by atoms with van der Waals surface area (Å²) < 4.78 is 26.4. The van der Waals surface area contributed by atoms with Crippen LogP contribution in [-0.4, -0.2) is 18.9 Å². The molecule has 0 aromatic heterocycles. The van der Waals surface area contributed by atoms with Gasteiger partial charge in [-0.15, -0.1) is 0 Å². The van der Waals surface area contributed by atoms with Gasteiger partial charge < -0.3 is 5.32 Å². The smallest absolute Gasteiger partial charge is 0.144 e. The minimum atomic E-state index is -0.626. The van der Waals surface area contributed by atoms with Crippen molar-refractivity contribution >= 4 is 5.78 Å². The van der Waals surface area contributed by atoms with E-state index < -0.39 is 11.6 Å². The predicted molar refractivity (Wildman–Crippen MR) is 74.5 cm³/mol. The zero-order chi connectivity index (χ0) is 14.6. The van der Waals surface area contributed by atoms with Crippen LogP contribution in [0.15, 0.2) is 18.2 Å². The molecule has 0 amide bonds. The largest absolute Gasteiger partial charge is 0.316 e. The number of carbonyl (C=O) groups is 1. The second kappa shape index (κ2) is 6.44. The van der Waals surface area contributed by atoms with Crippen LogP contribution in [-0.2, 0) is 11.2 Å². The standard InChI is InChI=1S/C16H21F2NO/c1-2-4-16(5-3-6-19-11-16)15(20)9-12-7-13(17)10-14(18)8-12/h7-8,10,19H,2-6,9,11H2,1H3. The minimum absolute atomic E-state index is 0.0940. The van der Waals surface area contributed by atoms with Crippen molar-refractivity contribution in [2.75, 3.05) is 13.1 Å². The molecule has 1 atom stereocenters. The first kappa shape index (κ1) is 15.1. The lowest BCUT2D eigenvalue weighted by atomic mass is 9.72. The van der Waals surface area contributed by atoms with Gasteiger partial charge in [0, 0.05) is 24.4 Å². The maximum atomic E-state index is 13.2. The molecule has 1 aliphatic rings. The summed E-state index contributed by atoms with van der Waals surface area (Å²) in [5.41, 5.74) is 0.0593. The molecule has 0 bridgehead atoms. The van der Waals surface area contributed by atoms with Gasteiger partial charge in [0.05, 0.1) is 0 Å². The minimum Gasteiger partial charge on any atom is -0.316 e. The molecule has 1 fully saturated rings. The van der Waals surface area contributed by atoms with E-state index in [9.17, 15) is 13.6 Å². The average Bonchev–Trinajstić information content (AvgIpc) is 2.38. The Hall–Kier alpha value is -1.29. The topological polar surface area (TPSA) is 29.1 Å². The van der Waals surface area contributed by atoms with Gasteiger partial charge in [0.15, 0.2) is 0 Å². The van der Waals surface area contributed by atoms with Crippen LogP contribution in [0.1, 0.15) is 38.2 Å². The van der Waals surface area contributed by atoms with Crippen molar-refractivity contribution in [2.45, 2.75) is 39.0 Å². The maximum absolute atomic E-state index is 13.2. The van der Waals surface area contributed by atoms with E-state index in [2.05, 4.69) is 12.2 Å². The van der Waals surface area contributed by atoms with Gasteiger partial charge in [-0.3, -0.25) is 4.79 Å². The Morgan fingerprint density at radius 3 is 2.55 bits per heavy atom. The molecule has 1 heterocycles. The summed E-state index contributed by atoms with van der Waals surface area (Å²) in [6.07, 6.45) is 3.71. The Bertz CT molecular complexity index is 456. The zero-order valence-electron chi connectivity index (χ0n) is 11.8. The van der Waals surface area contributed by atoms with Crippen molar-refractivity contribution < 1.29 is 13.6 Å². The Morgan fingerprint density at radius 2 is 2.00 bits per heavy atom. The van der Waals surface area contributed by atoms with Gasteiger partial charge in [-0.2, -0.15) is 0 Å². The van der Waals surface area contributed by atoms with Crippen LogP contribution < -0.4 is 5.32 Å². The third-order valence-corrected chi connectivity index (χ3v) is 4.08. The summed E-state index contributed by atoms with van der Waals surface area (Å²) in [7, 11) is 0. The lowest BCUT2D eigenvalue weighted by molar-refractivity contribution is -0.129.